The first-order valence-corrected chi connectivity index (χ1v) is 8.36. The maximum absolute atomic E-state index is 11.9. The molecule has 2 fully saturated rings. The van der Waals surface area contributed by atoms with E-state index in [9.17, 15) is 4.79 Å². The summed E-state index contributed by atoms with van der Waals surface area (Å²) >= 11 is 0. The molecule has 0 aromatic carbocycles. The molecule has 0 bridgehead atoms. The molecule has 0 aromatic rings. The summed E-state index contributed by atoms with van der Waals surface area (Å²) in [6, 6.07) is 0.680. The van der Waals surface area contributed by atoms with Gasteiger partial charge in [0.05, 0.1) is 0 Å². The number of nitrogens with two attached hydrogens (primary N) is 1. The number of carbonyl (C=O) groups excluding carboxylic acids is 1. The zero-order chi connectivity index (χ0) is 14.6. The molecule has 1 aliphatic carbocycles. The van der Waals surface area contributed by atoms with E-state index in [0.29, 0.717) is 6.04 Å². The van der Waals surface area contributed by atoms with E-state index in [1.807, 2.05) is 6.92 Å². The van der Waals surface area contributed by atoms with Crippen LogP contribution in [0.2, 0.25) is 0 Å². The van der Waals surface area contributed by atoms with Crippen molar-refractivity contribution in [2.24, 2.45) is 11.7 Å². The highest BCUT2D eigenvalue weighted by Gasteiger charge is 2.39. The zero-order valence-corrected chi connectivity index (χ0v) is 13.2. The Morgan fingerprint density at radius 3 is 2.60 bits per heavy atom. The van der Waals surface area contributed by atoms with Gasteiger partial charge in [0.25, 0.3) is 0 Å². The lowest BCUT2D eigenvalue weighted by Crippen LogP contribution is -2.60. The molecule has 4 heteroatoms. The Balaban J connectivity index is 1.99. The van der Waals surface area contributed by atoms with Gasteiger partial charge in [0.15, 0.2) is 0 Å². The molecule has 4 nitrogen and oxygen atoms in total. The van der Waals surface area contributed by atoms with E-state index < -0.39 is 5.54 Å². The minimum atomic E-state index is -0.586. The first kappa shape index (κ1) is 15.8. The Bertz CT molecular complexity index is 328. The second kappa shape index (κ2) is 6.90. The van der Waals surface area contributed by atoms with Crippen molar-refractivity contribution in [3.05, 3.63) is 0 Å². The largest absolute Gasteiger partial charge is 0.368 e. The number of hydrogen-bond donors (Lipinski definition) is 2. The van der Waals surface area contributed by atoms with E-state index in [2.05, 4.69) is 17.1 Å². The first-order chi connectivity index (χ1) is 9.57. The highest BCUT2D eigenvalue weighted by molar-refractivity contribution is 5.84. The van der Waals surface area contributed by atoms with Gasteiger partial charge in [0.2, 0.25) is 5.91 Å². The van der Waals surface area contributed by atoms with Gasteiger partial charge in [-0.2, -0.15) is 0 Å². The van der Waals surface area contributed by atoms with Gasteiger partial charge in [0, 0.05) is 12.6 Å². The molecule has 2 aliphatic rings. The van der Waals surface area contributed by atoms with Crippen molar-refractivity contribution in [2.75, 3.05) is 19.6 Å². The molecule has 20 heavy (non-hydrogen) atoms. The van der Waals surface area contributed by atoms with E-state index in [1.54, 1.807) is 0 Å². The molecule has 0 radical (unpaired) electrons. The third-order valence-electron chi connectivity index (χ3n) is 5.19. The van der Waals surface area contributed by atoms with Crippen LogP contribution in [-0.4, -0.2) is 42.0 Å². The van der Waals surface area contributed by atoms with Crippen LogP contribution in [0.4, 0.5) is 0 Å². The normalized spacial score (nSPS) is 27.8. The molecule has 1 saturated carbocycles. The van der Waals surface area contributed by atoms with Gasteiger partial charge >= 0.3 is 0 Å². The first-order valence-electron chi connectivity index (χ1n) is 8.36. The number of carbonyl (C=O) groups is 1. The summed E-state index contributed by atoms with van der Waals surface area (Å²) in [5.41, 5.74) is 5.07. The Morgan fingerprint density at radius 2 is 2.00 bits per heavy atom. The lowest BCUT2D eigenvalue weighted by molar-refractivity contribution is -0.124. The van der Waals surface area contributed by atoms with Crippen molar-refractivity contribution >= 4 is 5.91 Å². The summed E-state index contributed by atoms with van der Waals surface area (Å²) in [6.07, 6.45) is 9.10. The number of hydrogen-bond acceptors (Lipinski definition) is 3. The van der Waals surface area contributed by atoms with Gasteiger partial charge in [-0.05, 0) is 58.0 Å². The van der Waals surface area contributed by atoms with E-state index in [0.717, 1.165) is 32.0 Å². The van der Waals surface area contributed by atoms with Crippen molar-refractivity contribution in [2.45, 2.75) is 70.4 Å². The molecule has 3 N–H and O–H groups in total. The fraction of sp³-hybridized carbons (Fsp3) is 0.938. The Kier molecular flexibility index (Phi) is 5.44. The lowest BCUT2D eigenvalue weighted by Gasteiger charge is -2.37. The van der Waals surface area contributed by atoms with E-state index in [4.69, 9.17) is 5.73 Å². The third-order valence-corrected chi connectivity index (χ3v) is 5.19. The van der Waals surface area contributed by atoms with Crippen LogP contribution in [0.3, 0.4) is 0 Å². The standard InChI is InChI=1S/C16H31N3O/c1-3-10-18-16(2,15(17)20)12-19-11-6-9-14(19)13-7-4-5-8-13/h13-14,18H,3-12H2,1-2H3,(H2,17,20). The van der Waals surface area contributed by atoms with Crippen molar-refractivity contribution in [3.63, 3.8) is 0 Å². The van der Waals surface area contributed by atoms with E-state index in [1.165, 1.54) is 38.5 Å². The second-order valence-corrected chi connectivity index (χ2v) is 6.85. The predicted octanol–water partition coefficient (Wildman–Crippen LogP) is 1.88. The fourth-order valence-electron chi connectivity index (χ4n) is 3.95. The highest BCUT2D eigenvalue weighted by atomic mass is 16.1. The molecule has 1 aliphatic heterocycles. The van der Waals surface area contributed by atoms with Crippen LogP contribution in [-0.2, 0) is 4.79 Å². The molecule has 1 amide bonds. The summed E-state index contributed by atoms with van der Waals surface area (Å²) < 4.78 is 0. The number of primary amides is 1. The monoisotopic (exact) mass is 281 g/mol. The van der Waals surface area contributed by atoms with E-state index >= 15 is 0 Å². The molecule has 2 unspecified atom stereocenters. The zero-order valence-electron chi connectivity index (χ0n) is 13.2. The highest BCUT2D eigenvalue weighted by Crippen LogP contribution is 2.35. The molecule has 0 aromatic heterocycles. The van der Waals surface area contributed by atoms with Crippen LogP contribution in [0.25, 0.3) is 0 Å². The van der Waals surface area contributed by atoms with Crippen LogP contribution in [0.5, 0.6) is 0 Å². The smallest absolute Gasteiger partial charge is 0.238 e. The Hall–Kier alpha value is -0.610. The van der Waals surface area contributed by atoms with E-state index in [-0.39, 0.29) is 5.91 Å². The summed E-state index contributed by atoms with van der Waals surface area (Å²) in [4.78, 5) is 14.4. The molecule has 116 valence electrons. The van der Waals surface area contributed by atoms with Gasteiger partial charge in [0.1, 0.15) is 5.54 Å². The van der Waals surface area contributed by atoms with Crippen molar-refractivity contribution < 1.29 is 4.79 Å². The molecular weight excluding hydrogens is 250 g/mol. The third kappa shape index (κ3) is 3.53. The number of amides is 1. The second-order valence-electron chi connectivity index (χ2n) is 6.85. The number of rotatable bonds is 7. The molecule has 1 saturated heterocycles. The van der Waals surface area contributed by atoms with Crippen LogP contribution in [0.15, 0.2) is 0 Å². The van der Waals surface area contributed by atoms with Crippen molar-refractivity contribution in [1.82, 2.24) is 10.2 Å². The van der Waals surface area contributed by atoms with Crippen LogP contribution in [0, 0.1) is 5.92 Å². The molecule has 2 rings (SSSR count). The van der Waals surface area contributed by atoms with Gasteiger partial charge in [-0.25, -0.2) is 0 Å². The van der Waals surface area contributed by atoms with Gasteiger partial charge in [-0.1, -0.05) is 19.8 Å². The maximum Gasteiger partial charge on any atom is 0.238 e. The summed E-state index contributed by atoms with van der Waals surface area (Å²) in [5, 5.41) is 3.37. The average Bonchev–Trinajstić information content (AvgIpc) is 3.06. The minimum absolute atomic E-state index is 0.219. The van der Waals surface area contributed by atoms with Crippen molar-refractivity contribution in [1.29, 1.82) is 0 Å². The van der Waals surface area contributed by atoms with Crippen LogP contribution >= 0.6 is 0 Å². The Labute approximate surface area is 123 Å². The Morgan fingerprint density at radius 1 is 1.30 bits per heavy atom. The number of nitrogens with zero attached hydrogens (tertiary/aromatic N) is 1. The van der Waals surface area contributed by atoms with Crippen LogP contribution < -0.4 is 11.1 Å². The quantitative estimate of drug-likeness (QED) is 0.749. The van der Waals surface area contributed by atoms with Gasteiger partial charge in [-0.15, -0.1) is 0 Å². The van der Waals surface area contributed by atoms with Crippen LogP contribution in [0.1, 0.15) is 58.8 Å². The topological polar surface area (TPSA) is 58.4 Å². The summed E-state index contributed by atoms with van der Waals surface area (Å²) in [7, 11) is 0. The molecular formula is C16H31N3O. The molecule has 0 spiro atoms. The minimum Gasteiger partial charge on any atom is -0.368 e. The molecule has 1 heterocycles. The number of nitrogens with one attached hydrogen (secondary N) is 1. The summed E-state index contributed by atoms with van der Waals surface area (Å²) in [6.45, 7) is 6.82. The van der Waals surface area contributed by atoms with Gasteiger partial charge < -0.3 is 11.1 Å². The van der Waals surface area contributed by atoms with Gasteiger partial charge in [-0.3, -0.25) is 9.69 Å². The fourth-order valence-corrected chi connectivity index (χ4v) is 3.95. The lowest BCUT2D eigenvalue weighted by atomic mass is 9.94. The maximum atomic E-state index is 11.9. The molecule has 2 atom stereocenters. The predicted molar refractivity (Wildman–Crippen MR) is 82.4 cm³/mol. The SMILES string of the molecule is CCCNC(C)(CN1CCCC1C1CCCC1)C(N)=O. The summed E-state index contributed by atoms with van der Waals surface area (Å²) in [5.74, 6) is 0.629. The average molecular weight is 281 g/mol. The number of likely N-dealkylation sites (tertiary alicyclic amines) is 1. The van der Waals surface area contributed by atoms with Crippen molar-refractivity contribution in [3.8, 4) is 0 Å².